The number of nitrogens with zero attached hydrogens (tertiary/aromatic N) is 1. The number of nitrogens with one attached hydrogen (secondary N) is 3. The molecule has 5 heteroatoms. The lowest BCUT2D eigenvalue weighted by Gasteiger charge is -2.17. The molecular weight excluding hydrogens is 228 g/mol. The quantitative estimate of drug-likeness (QED) is 0.561. The van der Waals surface area contributed by atoms with Crippen LogP contribution in [0.1, 0.15) is 25.7 Å². The molecule has 0 saturated carbocycles. The van der Waals surface area contributed by atoms with Gasteiger partial charge in [-0.05, 0) is 59.0 Å². The predicted molar refractivity (Wildman–Crippen MR) is 74.7 cm³/mol. The van der Waals surface area contributed by atoms with E-state index in [1.54, 1.807) is 0 Å². The zero-order valence-corrected chi connectivity index (χ0v) is 11.6. The summed E-state index contributed by atoms with van der Waals surface area (Å²) in [5.41, 5.74) is 0. The minimum Gasteiger partial charge on any atom is -0.356 e. The van der Waals surface area contributed by atoms with Crippen molar-refractivity contribution in [1.82, 2.24) is 20.9 Å². The van der Waals surface area contributed by atoms with E-state index in [-0.39, 0.29) is 5.91 Å². The molecule has 1 fully saturated rings. The first kappa shape index (κ1) is 15.4. The van der Waals surface area contributed by atoms with Crippen LogP contribution >= 0.6 is 0 Å². The normalized spacial score (nSPS) is 23.5. The summed E-state index contributed by atoms with van der Waals surface area (Å²) < 4.78 is 0. The summed E-state index contributed by atoms with van der Waals surface area (Å²) in [6.07, 6.45) is 3.93. The van der Waals surface area contributed by atoms with E-state index in [0.717, 1.165) is 58.7 Å². The molecule has 1 amide bonds. The van der Waals surface area contributed by atoms with Gasteiger partial charge in [-0.2, -0.15) is 0 Å². The van der Waals surface area contributed by atoms with Crippen LogP contribution in [0.5, 0.6) is 0 Å². The molecule has 0 spiro atoms. The molecular formula is C13H28N4O. The third-order valence-electron chi connectivity index (χ3n) is 3.17. The van der Waals surface area contributed by atoms with Gasteiger partial charge in [0.15, 0.2) is 0 Å². The molecule has 3 N–H and O–H groups in total. The second-order valence-electron chi connectivity index (χ2n) is 4.96. The maximum Gasteiger partial charge on any atom is 0.221 e. The van der Waals surface area contributed by atoms with Gasteiger partial charge in [0.05, 0.1) is 0 Å². The van der Waals surface area contributed by atoms with E-state index >= 15 is 0 Å². The van der Waals surface area contributed by atoms with E-state index in [1.165, 1.54) is 6.42 Å². The van der Waals surface area contributed by atoms with Crippen LogP contribution in [0.15, 0.2) is 0 Å². The summed E-state index contributed by atoms with van der Waals surface area (Å²) in [6, 6.07) is 0. The lowest BCUT2D eigenvalue weighted by molar-refractivity contribution is -0.121. The number of hydrogen-bond donors (Lipinski definition) is 3. The minimum absolute atomic E-state index is 0.162. The van der Waals surface area contributed by atoms with Crippen molar-refractivity contribution in [3.63, 3.8) is 0 Å². The summed E-state index contributed by atoms with van der Waals surface area (Å²) in [4.78, 5) is 13.8. The van der Waals surface area contributed by atoms with Crippen molar-refractivity contribution >= 4 is 5.91 Å². The third-order valence-corrected chi connectivity index (χ3v) is 3.17. The molecule has 1 aliphatic heterocycles. The van der Waals surface area contributed by atoms with Crippen LogP contribution in [-0.2, 0) is 4.79 Å². The van der Waals surface area contributed by atoms with Crippen molar-refractivity contribution < 1.29 is 4.79 Å². The van der Waals surface area contributed by atoms with E-state index in [9.17, 15) is 4.79 Å². The van der Waals surface area contributed by atoms with Gasteiger partial charge in [-0.3, -0.25) is 4.79 Å². The number of carbonyl (C=O) groups is 1. The molecule has 1 aliphatic rings. The molecule has 1 saturated heterocycles. The Hall–Kier alpha value is -0.650. The fourth-order valence-electron chi connectivity index (χ4n) is 2.04. The molecule has 0 aliphatic carbocycles. The lowest BCUT2D eigenvalue weighted by atomic mass is 10.3. The van der Waals surface area contributed by atoms with Crippen LogP contribution in [0.2, 0.25) is 0 Å². The first-order valence-electron chi connectivity index (χ1n) is 7.16. The van der Waals surface area contributed by atoms with Crippen LogP contribution in [0.4, 0.5) is 0 Å². The molecule has 0 radical (unpaired) electrons. The van der Waals surface area contributed by atoms with Gasteiger partial charge in [0.1, 0.15) is 0 Å². The van der Waals surface area contributed by atoms with Crippen LogP contribution < -0.4 is 16.0 Å². The Kier molecular flexibility index (Phi) is 8.81. The molecule has 5 nitrogen and oxygen atoms in total. The second kappa shape index (κ2) is 10.3. The Morgan fingerprint density at radius 3 is 2.28 bits per heavy atom. The Morgan fingerprint density at radius 1 is 0.889 bits per heavy atom. The Bertz CT molecular complexity index is 223. The van der Waals surface area contributed by atoms with E-state index in [1.807, 2.05) is 0 Å². The third kappa shape index (κ3) is 8.44. The van der Waals surface area contributed by atoms with Gasteiger partial charge in [0, 0.05) is 19.5 Å². The number of amides is 1. The Labute approximate surface area is 111 Å². The lowest BCUT2D eigenvalue weighted by Crippen LogP contribution is -2.32. The summed E-state index contributed by atoms with van der Waals surface area (Å²) in [6.45, 7) is 6.90. The summed E-state index contributed by atoms with van der Waals surface area (Å²) >= 11 is 0. The number of carbonyl (C=O) groups excluding carboxylic acids is 1. The van der Waals surface area contributed by atoms with Crippen LogP contribution in [-0.4, -0.2) is 63.7 Å². The first-order chi connectivity index (χ1) is 8.79. The van der Waals surface area contributed by atoms with Crippen molar-refractivity contribution in [2.24, 2.45) is 0 Å². The largest absolute Gasteiger partial charge is 0.356 e. The standard InChI is InChI=1S/C13H28N4O/c1-17-11-3-8-14-6-2-7-15-10-5-13(18)16-9-4-12-17/h14-15H,2-12H2,1H3,(H,16,18). The fraction of sp³-hybridized carbons (Fsp3) is 0.923. The smallest absolute Gasteiger partial charge is 0.221 e. The summed E-state index contributed by atoms with van der Waals surface area (Å²) in [5, 5.41) is 9.71. The zero-order chi connectivity index (χ0) is 13.1. The van der Waals surface area contributed by atoms with Crippen molar-refractivity contribution in [1.29, 1.82) is 0 Å². The van der Waals surface area contributed by atoms with Crippen LogP contribution in [0.3, 0.4) is 0 Å². The summed E-state index contributed by atoms with van der Waals surface area (Å²) in [7, 11) is 2.15. The van der Waals surface area contributed by atoms with Crippen LogP contribution in [0, 0.1) is 0 Å². The molecule has 0 aromatic rings. The molecule has 1 rings (SSSR count). The highest BCUT2D eigenvalue weighted by Gasteiger charge is 2.02. The molecule has 0 bridgehead atoms. The molecule has 0 unspecified atom stereocenters. The van der Waals surface area contributed by atoms with Gasteiger partial charge >= 0.3 is 0 Å². The Morgan fingerprint density at radius 2 is 1.50 bits per heavy atom. The van der Waals surface area contributed by atoms with E-state index < -0.39 is 0 Å². The van der Waals surface area contributed by atoms with E-state index in [2.05, 4.69) is 27.9 Å². The summed E-state index contributed by atoms with van der Waals surface area (Å²) in [5.74, 6) is 0.162. The van der Waals surface area contributed by atoms with Gasteiger partial charge in [0.2, 0.25) is 5.91 Å². The molecule has 0 aromatic heterocycles. The van der Waals surface area contributed by atoms with Gasteiger partial charge in [-0.15, -0.1) is 0 Å². The molecule has 18 heavy (non-hydrogen) atoms. The van der Waals surface area contributed by atoms with Crippen molar-refractivity contribution in [2.45, 2.75) is 25.7 Å². The highest BCUT2D eigenvalue weighted by molar-refractivity contribution is 5.75. The van der Waals surface area contributed by atoms with Crippen molar-refractivity contribution in [2.75, 3.05) is 52.9 Å². The highest BCUT2D eigenvalue weighted by atomic mass is 16.1. The monoisotopic (exact) mass is 256 g/mol. The van der Waals surface area contributed by atoms with Gasteiger partial charge in [0.25, 0.3) is 0 Å². The minimum atomic E-state index is 0.162. The van der Waals surface area contributed by atoms with E-state index in [0.29, 0.717) is 6.42 Å². The van der Waals surface area contributed by atoms with Crippen molar-refractivity contribution in [3.8, 4) is 0 Å². The van der Waals surface area contributed by atoms with E-state index in [4.69, 9.17) is 0 Å². The average molecular weight is 256 g/mol. The maximum absolute atomic E-state index is 11.5. The fourth-order valence-corrected chi connectivity index (χ4v) is 2.04. The second-order valence-corrected chi connectivity index (χ2v) is 4.96. The maximum atomic E-state index is 11.5. The molecule has 0 aromatic carbocycles. The average Bonchev–Trinajstić information content (AvgIpc) is 2.35. The predicted octanol–water partition coefficient (Wildman–Crippen LogP) is -0.212. The van der Waals surface area contributed by atoms with Gasteiger partial charge < -0.3 is 20.9 Å². The zero-order valence-electron chi connectivity index (χ0n) is 11.6. The topological polar surface area (TPSA) is 56.4 Å². The SMILES string of the molecule is CN1CCCNCCCNCCC(=O)NCCC1. The number of hydrogen-bond acceptors (Lipinski definition) is 4. The van der Waals surface area contributed by atoms with Crippen molar-refractivity contribution in [3.05, 3.63) is 0 Å². The highest BCUT2D eigenvalue weighted by Crippen LogP contribution is 1.90. The molecule has 106 valence electrons. The molecule has 0 atom stereocenters. The number of rotatable bonds is 0. The first-order valence-corrected chi connectivity index (χ1v) is 7.16. The Balaban J connectivity index is 2.20. The van der Waals surface area contributed by atoms with Gasteiger partial charge in [-0.1, -0.05) is 0 Å². The van der Waals surface area contributed by atoms with Gasteiger partial charge in [-0.25, -0.2) is 0 Å². The van der Waals surface area contributed by atoms with Crippen LogP contribution in [0.25, 0.3) is 0 Å². The molecule has 1 heterocycles.